The lowest BCUT2D eigenvalue weighted by molar-refractivity contribution is -0.151. The smallest absolute Gasteiger partial charge is 0.311 e. The van der Waals surface area contributed by atoms with Crippen LogP contribution in [0.1, 0.15) is 30.5 Å². The van der Waals surface area contributed by atoms with E-state index < -0.39 is 24.4 Å². The quantitative estimate of drug-likeness (QED) is 0.756. The third kappa shape index (κ3) is 4.38. The summed E-state index contributed by atoms with van der Waals surface area (Å²) in [5.41, 5.74) is 1.35. The van der Waals surface area contributed by atoms with Gasteiger partial charge in [0, 0.05) is 13.0 Å². The highest BCUT2D eigenvalue weighted by Gasteiger charge is 2.38. The number of thiophene rings is 1. The molecule has 1 N–H and O–H groups in total. The second kappa shape index (κ2) is 8.67. The number of likely N-dealkylation sites (tertiary alicyclic amines) is 1. The molecule has 7 nitrogen and oxygen atoms in total. The monoisotopic (exact) mass is 397 g/mol. The Morgan fingerprint density at radius 3 is 2.82 bits per heavy atom. The number of hydrogen-bond acceptors (Lipinski definition) is 6. The molecule has 0 saturated carbocycles. The van der Waals surface area contributed by atoms with E-state index in [1.807, 2.05) is 43.3 Å². The number of nitrogens with zero attached hydrogens (tertiary/aromatic N) is 2. The summed E-state index contributed by atoms with van der Waals surface area (Å²) in [5, 5.41) is 13.6. The summed E-state index contributed by atoms with van der Waals surface area (Å²) < 4.78 is 5.08. The zero-order valence-corrected chi connectivity index (χ0v) is 16.1. The molecular formula is C20H19N3O4S. The van der Waals surface area contributed by atoms with Crippen molar-refractivity contribution in [2.45, 2.75) is 19.4 Å². The molecule has 144 valence electrons. The van der Waals surface area contributed by atoms with Crippen molar-refractivity contribution in [2.75, 3.05) is 18.5 Å². The van der Waals surface area contributed by atoms with E-state index in [0.717, 1.165) is 5.56 Å². The number of amides is 2. The molecule has 8 heteroatoms. The van der Waals surface area contributed by atoms with Gasteiger partial charge in [0.05, 0.1) is 17.5 Å². The normalized spacial score (nSPS) is 17.1. The first-order valence-corrected chi connectivity index (χ1v) is 9.66. The van der Waals surface area contributed by atoms with Crippen LogP contribution in [-0.2, 0) is 19.1 Å². The van der Waals surface area contributed by atoms with Gasteiger partial charge in [0.25, 0.3) is 5.91 Å². The third-order valence-corrected chi connectivity index (χ3v) is 5.46. The summed E-state index contributed by atoms with van der Waals surface area (Å²) >= 11 is 1.22. The minimum Gasteiger partial charge on any atom is -0.455 e. The molecule has 1 fully saturated rings. The minimum absolute atomic E-state index is 0.0706. The molecule has 2 atom stereocenters. The van der Waals surface area contributed by atoms with Gasteiger partial charge in [-0.25, -0.2) is 0 Å². The van der Waals surface area contributed by atoms with Crippen molar-refractivity contribution in [2.24, 2.45) is 5.92 Å². The van der Waals surface area contributed by atoms with Gasteiger partial charge in [-0.3, -0.25) is 14.4 Å². The molecule has 1 aromatic carbocycles. The number of rotatable bonds is 6. The van der Waals surface area contributed by atoms with Crippen LogP contribution in [0.5, 0.6) is 0 Å². The first kappa shape index (κ1) is 19.6. The van der Waals surface area contributed by atoms with Crippen LogP contribution in [0.15, 0.2) is 41.8 Å². The van der Waals surface area contributed by atoms with Crippen LogP contribution in [0.25, 0.3) is 0 Å². The number of esters is 1. The Morgan fingerprint density at radius 1 is 1.36 bits per heavy atom. The SMILES string of the molecule is C[C@@H](c1ccccc1)N1C[C@@H](C(=O)OCC(=O)Nc2sccc2C#N)CC1=O. The highest BCUT2D eigenvalue weighted by Crippen LogP contribution is 2.29. The predicted molar refractivity (Wildman–Crippen MR) is 103 cm³/mol. The Kier molecular flexibility index (Phi) is 6.06. The number of ether oxygens (including phenoxy) is 1. The van der Waals surface area contributed by atoms with Crippen molar-refractivity contribution in [3.05, 3.63) is 52.9 Å². The lowest BCUT2D eigenvalue weighted by atomic mass is 10.1. The summed E-state index contributed by atoms with van der Waals surface area (Å²) in [6.07, 6.45) is 0.0706. The second-order valence-corrected chi connectivity index (χ2v) is 7.38. The second-order valence-electron chi connectivity index (χ2n) is 6.46. The fourth-order valence-corrected chi connectivity index (χ4v) is 3.84. The molecule has 1 saturated heterocycles. The first-order chi connectivity index (χ1) is 13.5. The Morgan fingerprint density at radius 2 is 2.11 bits per heavy atom. The van der Waals surface area contributed by atoms with Gasteiger partial charge in [-0.15, -0.1) is 11.3 Å². The number of carbonyl (C=O) groups is 3. The number of hydrogen-bond donors (Lipinski definition) is 1. The molecule has 0 radical (unpaired) electrons. The van der Waals surface area contributed by atoms with Gasteiger partial charge in [-0.1, -0.05) is 30.3 Å². The van der Waals surface area contributed by atoms with Crippen LogP contribution >= 0.6 is 11.3 Å². The van der Waals surface area contributed by atoms with Crippen molar-refractivity contribution in [1.82, 2.24) is 4.90 Å². The van der Waals surface area contributed by atoms with Gasteiger partial charge in [0.15, 0.2) is 6.61 Å². The lowest BCUT2D eigenvalue weighted by Crippen LogP contribution is -2.30. The molecule has 2 aromatic rings. The summed E-state index contributed by atoms with van der Waals surface area (Å²) in [7, 11) is 0. The van der Waals surface area contributed by atoms with Crippen LogP contribution in [0.4, 0.5) is 5.00 Å². The summed E-state index contributed by atoms with van der Waals surface area (Å²) in [6.45, 7) is 1.72. The Hall–Kier alpha value is -3.18. The fraction of sp³-hybridized carbons (Fsp3) is 0.300. The average Bonchev–Trinajstić information content (AvgIpc) is 3.32. The lowest BCUT2D eigenvalue weighted by Gasteiger charge is -2.25. The molecule has 3 rings (SSSR count). The van der Waals surface area contributed by atoms with E-state index in [1.165, 1.54) is 11.3 Å². The highest BCUT2D eigenvalue weighted by molar-refractivity contribution is 7.14. The Bertz CT molecular complexity index is 919. The Labute approximate surface area is 166 Å². The summed E-state index contributed by atoms with van der Waals surface area (Å²) in [4.78, 5) is 38.2. The number of benzene rings is 1. The van der Waals surface area contributed by atoms with E-state index in [2.05, 4.69) is 5.32 Å². The van der Waals surface area contributed by atoms with E-state index in [0.29, 0.717) is 10.6 Å². The number of carbonyl (C=O) groups excluding carboxylic acids is 3. The van der Waals surface area contributed by atoms with Crippen molar-refractivity contribution in [3.63, 3.8) is 0 Å². The zero-order valence-electron chi connectivity index (χ0n) is 15.3. The largest absolute Gasteiger partial charge is 0.455 e. The van der Waals surface area contributed by atoms with Gasteiger partial charge in [-0.05, 0) is 23.9 Å². The number of anilines is 1. The Balaban J connectivity index is 1.52. The molecule has 1 aliphatic rings. The van der Waals surface area contributed by atoms with Gasteiger partial charge in [0.2, 0.25) is 5.91 Å². The topological polar surface area (TPSA) is 99.5 Å². The fourth-order valence-electron chi connectivity index (χ4n) is 3.09. The van der Waals surface area contributed by atoms with Gasteiger partial charge in [-0.2, -0.15) is 5.26 Å². The maximum Gasteiger partial charge on any atom is 0.311 e. The molecule has 1 aromatic heterocycles. The van der Waals surface area contributed by atoms with Crippen LogP contribution < -0.4 is 5.32 Å². The maximum atomic E-state index is 12.3. The first-order valence-electron chi connectivity index (χ1n) is 8.78. The predicted octanol–water partition coefficient (Wildman–Crippen LogP) is 2.71. The molecule has 0 unspecified atom stereocenters. The van der Waals surface area contributed by atoms with E-state index in [4.69, 9.17) is 10.00 Å². The number of nitriles is 1. The average molecular weight is 397 g/mol. The highest BCUT2D eigenvalue weighted by atomic mass is 32.1. The maximum absolute atomic E-state index is 12.3. The van der Waals surface area contributed by atoms with Crippen molar-refractivity contribution in [3.8, 4) is 6.07 Å². The van der Waals surface area contributed by atoms with Crippen molar-refractivity contribution in [1.29, 1.82) is 5.26 Å². The van der Waals surface area contributed by atoms with Crippen molar-refractivity contribution >= 4 is 34.1 Å². The van der Waals surface area contributed by atoms with E-state index in [-0.39, 0.29) is 24.9 Å². The zero-order chi connectivity index (χ0) is 20.1. The molecular weight excluding hydrogens is 378 g/mol. The van der Waals surface area contributed by atoms with Crippen LogP contribution in [0.3, 0.4) is 0 Å². The number of nitrogens with one attached hydrogen (secondary N) is 1. The molecule has 2 amide bonds. The van der Waals surface area contributed by atoms with E-state index in [1.54, 1.807) is 16.3 Å². The summed E-state index contributed by atoms with van der Waals surface area (Å²) in [5.74, 6) is -1.80. The third-order valence-electron chi connectivity index (χ3n) is 4.63. The molecule has 28 heavy (non-hydrogen) atoms. The van der Waals surface area contributed by atoms with Gasteiger partial charge < -0.3 is 15.0 Å². The van der Waals surface area contributed by atoms with E-state index >= 15 is 0 Å². The van der Waals surface area contributed by atoms with Gasteiger partial charge in [0.1, 0.15) is 11.1 Å². The minimum atomic E-state index is -0.595. The van der Waals surface area contributed by atoms with Crippen LogP contribution in [0.2, 0.25) is 0 Å². The molecule has 0 bridgehead atoms. The van der Waals surface area contributed by atoms with Crippen LogP contribution in [-0.4, -0.2) is 35.8 Å². The molecule has 1 aliphatic heterocycles. The van der Waals surface area contributed by atoms with Crippen molar-refractivity contribution < 1.29 is 19.1 Å². The van der Waals surface area contributed by atoms with Gasteiger partial charge >= 0.3 is 5.97 Å². The standard InChI is InChI=1S/C20H19N3O4S/c1-13(14-5-3-2-4-6-14)23-11-16(9-18(23)25)20(26)27-12-17(24)22-19-15(10-21)7-8-28-19/h2-8,13,16H,9,11-12H2,1H3,(H,22,24)/t13-,16-/m0/s1. The molecule has 0 aliphatic carbocycles. The van der Waals surface area contributed by atoms with E-state index in [9.17, 15) is 14.4 Å². The van der Waals surface area contributed by atoms with Crippen LogP contribution in [0, 0.1) is 17.2 Å². The molecule has 2 heterocycles. The molecule has 0 spiro atoms. The summed E-state index contributed by atoms with van der Waals surface area (Å²) in [6, 6.07) is 13.0.